The summed E-state index contributed by atoms with van der Waals surface area (Å²) in [6.07, 6.45) is 0. The lowest BCUT2D eigenvalue weighted by atomic mass is 10.1. The molecule has 1 aliphatic rings. The molecule has 0 atom stereocenters. The number of benzene rings is 3. The minimum atomic E-state index is -0.595. The SMILES string of the molecule is Cc1ccc(C(=O)Nc2ccc(CN3CCN(C)CC3)cc2)cc1NC(=O)c1ccccc1F. The minimum absolute atomic E-state index is 0.0478. The molecule has 0 radical (unpaired) electrons. The Hall–Kier alpha value is -3.55. The van der Waals surface area contributed by atoms with Crippen LogP contribution in [-0.2, 0) is 6.54 Å². The third-order valence-corrected chi connectivity index (χ3v) is 6.08. The molecule has 1 heterocycles. The molecule has 2 N–H and O–H groups in total. The number of nitrogens with one attached hydrogen (secondary N) is 2. The first kappa shape index (κ1) is 23.6. The van der Waals surface area contributed by atoms with E-state index in [0.29, 0.717) is 16.9 Å². The number of amides is 2. The fraction of sp³-hybridized carbons (Fsp3) is 0.259. The quantitative estimate of drug-likeness (QED) is 0.573. The Morgan fingerprint density at radius 3 is 2.29 bits per heavy atom. The van der Waals surface area contributed by atoms with E-state index in [1.807, 2.05) is 31.2 Å². The molecule has 176 valence electrons. The normalized spacial score (nSPS) is 14.6. The Morgan fingerprint density at radius 2 is 1.59 bits per heavy atom. The zero-order valence-corrected chi connectivity index (χ0v) is 19.5. The fourth-order valence-corrected chi connectivity index (χ4v) is 3.89. The van der Waals surface area contributed by atoms with Crippen molar-refractivity contribution in [3.8, 4) is 0 Å². The molecule has 6 nitrogen and oxygen atoms in total. The number of hydrogen-bond acceptors (Lipinski definition) is 4. The fourth-order valence-electron chi connectivity index (χ4n) is 3.89. The van der Waals surface area contributed by atoms with Gasteiger partial charge in [-0.2, -0.15) is 0 Å². The van der Waals surface area contributed by atoms with E-state index < -0.39 is 11.7 Å². The van der Waals surface area contributed by atoms with E-state index in [-0.39, 0.29) is 11.5 Å². The van der Waals surface area contributed by atoms with Gasteiger partial charge in [-0.15, -0.1) is 0 Å². The van der Waals surface area contributed by atoms with Crippen LogP contribution in [0.3, 0.4) is 0 Å². The standard InChI is InChI=1S/C27H29FN4O2/c1-19-7-10-21(17-25(19)30-27(34)23-5-3-4-6-24(23)28)26(33)29-22-11-8-20(9-12-22)18-32-15-13-31(2)14-16-32/h3-12,17H,13-16,18H2,1-2H3,(H,29,33)(H,30,34). The van der Waals surface area contributed by atoms with Crippen molar-refractivity contribution in [3.63, 3.8) is 0 Å². The molecule has 0 bridgehead atoms. The predicted molar refractivity (Wildman–Crippen MR) is 133 cm³/mol. The molecule has 1 saturated heterocycles. The number of halogens is 1. The van der Waals surface area contributed by atoms with Crippen molar-refractivity contribution >= 4 is 23.2 Å². The number of piperazine rings is 1. The maximum absolute atomic E-state index is 13.9. The number of likely N-dealkylation sites (N-methyl/N-ethyl adjacent to an activating group) is 1. The molecule has 1 fully saturated rings. The molecule has 3 aromatic carbocycles. The highest BCUT2D eigenvalue weighted by Crippen LogP contribution is 2.20. The van der Waals surface area contributed by atoms with Gasteiger partial charge >= 0.3 is 0 Å². The highest BCUT2D eigenvalue weighted by Gasteiger charge is 2.15. The Kier molecular flexibility index (Phi) is 7.35. The molecule has 2 amide bonds. The van der Waals surface area contributed by atoms with Gasteiger partial charge in [0.2, 0.25) is 0 Å². The lowest BCUT2D eigenvalue weighted by Crippen LogP contribution is -2.43. The molecule has 0 spiro atoms. The first-order valence-corrected chi connectivity index (χ1v) is 11.4. The first-order valence-electron chi connectivity index (χ1n) is 11.4. The number of nitrogens with zero attached hydrogens (tertiary/aromatic N) is 2. The molecular weight excluding hydrogens is 431 g/mol. The number of rotatable bonds is 6. The topological polar surface area (TPSA) is 64.7 Å². The summed E-state index contributed by atoms with van der Waals surface area (Å²) in [6.45, 7) is 6.97. The zero-order chi connectivity index (χ0) is 24.1. The van der Waals surface area contributed by atoms with Crippen molar-refractivity contribution < 1.29 is 14.0 Å². The van der Waals surface area contributed by atoms with Gasteiger partial charge in [-0.05, 0) is 61.5 Å². The van der Waals surface area contributed by atoms with Gasteiger partial charge < -0.3 is 15.5 Å². The second-order valence-electron chi connectivity index (χ2n) is 8.69. The number of aryl methyl sites for hydroxylation is 1. The van der Waals surface area contributed by atoms with Crippen molar-refractivity contribution in [1.82, 2.24) is 9.80 Å². The van der Waals surface area contributed by atoms with E-state index in [4.69, 9.17) is 0 Å². The average Bonchev–Trinajstić information content (AvgIpc) is 2.83. The van der Waals surface area contributed by atoms with E-state index in [1.165, 1.54) is 23.8 Å². The molecule has 0 saturated carbocycles. The number of carbonyl (C=O) groups excluding carboxylic acids is 2. The minimum Gasteiger partial charge on any atom is -0.322 e. The van der Waals surface area contributed by atoms with E-state index >= 15 is 0 Å². The molecule has 1 aliphatic heterocycles. The van der Waals surface area contributed by atoms with Gasteiger partial charge in [-0.25, -0.2) is 4.39 Å². The summed E-state index contributed by atoms with van der Waals surface area (Å²) < 4.78 is 13.9. The van der Waals surface area contributed by atoms with Gasteiger partial charge in [0.1, 0.15) is 5.82 Å². The van der Waals surface area contributed by atoms with Crippen molar-refractivity contribution in [3.05, 3.63) is 94.8 Å². The summed E-state index contributed by atoms with van der Waals surface area (Å²) in [5.41, 5.74) is 3.49. The van der Waals surface area contributed by atoms with Crippen LogP contribution in [0, 0.1) is 12.7 Å². The highest BCUT2D eigenvalue weighted by atomic mass is 19.1. The van der Waals surface area contributed by atoms with Gasteiger partial charge in [0.05, 0.1) is 5.56 Å². The molecule has 7 heteroatoms. The molecule has 34 heavy (non-hydrogen) atoms. The van der Waals surface area contributed by atoms with Crippen molar-refractivity contribution in [1.29, 1.82) is 0 Å². The zero-order valence-electron chi connectivity index (χ0n) is 19.5. The number of hydrogen-bond donors (Lipinski definition) is 2. The summed E-state index contributed by atoms with van der Waals surface area (Å²) in [7, 11) is 2.14. The summed E-state index contributed by atoms with van der Waals surface area (Å²) in [5, 5.41) is 5.61. The molecule has 0 aliphatic carbocycles. The lowest BCUT2D eigenvalue weighted by Gasteiger charge is -2.32. The van der Waals surface area contributed by atoms with Crippen molar-refractivity contribution in [2.24, 2.45) is 0 Å². The Morgan fingerprint density at radius 1 is 0.882 bits per heavy atom. The van der Waals surface area contributed by atoms with Crippen LogP contribution >= 0.6 is 0 Å². The maximum Gasteiger partial charge on any atom is 0.258 e. The van der Waals surface area contributed by atoms with Crippen LogP contribution in [0.2, 0.25) is 0 Å². The molecule has 0 unspecified atom stereocenters. The molecule has 4 rings (SSSR count). The van der Waals surface area contributed by atoms with Gasteiger partial charge in [-0.3, -0.25) is 14.5 Å². The highest BCUT2D eigenvalue weighted by molar-refractivity contribution is 6.07. The summed E-state index contributed by atoms with van der Waals surface area (Å²) in [6, 6.07) is 18.7. The largest absolute Gasteiger partial charge is 0.322 e. The van der Waals surface area contributed by atoms with E-state index in [9.17, 15) is 14.0 Å². The Bertz CT molecular complexity index is 1170. The molecule has 0 aromatic heterocycles. The van der Waals surface area contributed by atoms with Crippen molar-refractivity contribution in [2.75, 3.05) is 43.9 Å². The van der Waals surface area contributed by atoms with Gasteiger partial charge in [0, 0.05) is 49.7 Å². The van der Waals surface area contributed by atoms with E-state index in [2.05, 4.69) is 27.5 Å². The van der Waals surface area contributed by atoms with Crippen LogP contribution in [-0.4, -0.2) is 54.8 Å². The smallest absolute Gasteiger partial charge is 0.258 e. The van der Waals surface area contributed by atoms with Crippen LogP contribution < -0.4 is 10.6 Å². The Labute approximate surface area is 199 Å². The number of anilines is 2. The van der Waals surface area contributed by atoms with Crippen LogP contribution in [0.1, 0.15) is 31.8 Å². The third kappa shape index (κ3) is 5.87. The molecule has 3 aromatic rings. The van der Waals surface area contributed by atoms with Crippen LogP contribution in [0.5, 0.6) is 0 Å². The van der Waals surface area contributed by atoms with Crippen LogP contribution in [0.25, 0.3) is 0 Å². The van der Waals surface area contributed by atoms with Gasteiger partial charge in [0.25, 0.3) is 11.8 Å². The van der Waals surface area contributed by atoms with Gasteiger partial charge in [0.15, 0.2) is 0 Å². The Balaban J connectivity index is 1.39. The second-order valence-corrected chi connectivity index (χ2v) is 8.69. The summed E-state index contributed by atoms with van der Waals surface area (Å²) in [4.78, 5) is 30.1. The lowest BCUT2D eigenvalue weighted by molar-refractivity contribution is 0.101. The van der Waals surface area contributed by atoms with Crippen LogP contribution in [0.4, 0.5) is 15.8 Å². The van der Waals surface area contributed by atoms with E-state index in [0.717, 1.165) is 38.3 Å². The average molecular weight is 461 g/mol. The van der Waals surface area contributed by atoms with Crippen LogP contribution in [0.15, 0.2) is 66.7 Å². The second kappa shape index (κ2) is 10.6. The molecular formula is C27H29FN4O2. The maximum atomic E-state index is 13.9. The first-order chi connectivity index (χ1) is 16.4. The summed E-state index contributed by atoms with van der Waals surface area (Å²) >= 11 is 0. The van der Waals surface area contributed by atoms with E-state index in [1.54, 1.807) is 24.3 Å². The predicted octanol–water partition coefficient (Wildman–Crippen LogP) is 4.39. The monoisotopic (exact) mass is 460 g/mol. The third-order valence-electron chi connectivity index (χ3n) is 6.08. The van der Waals surface area contributed by atoms with Crippen molar-refractivity contribution in [2.45, 2.75) is 13.5 Å². The summed E-state index contributed by atoms with van der Waals surface area (Å²) in [5.74, 6) is -1.44. The van der Waals surface area contributed by atoms with Gasteiger partial charge in [-0.1, -0.05) is 30.3 Å². The number of carbonyl (C=O) groups is 2.